The molecule has 4 N–H and O–H groups in total. The van der Waals surface area contributed by atoms with E-state index >= 15 is 0 Å². The van der Waals surface area contributed by atoms with Gasteiger partial charge in [-0.3, -0.25) is 0 Å². The molecule has 90 valence electrons. The lowest BCUT2D eigenvalue weighted by atomic mass is 10.1. The molecule has 2 rings (SSSR count). The van der Waals surface area contributed by atoms with Crippen molar-refractivity contribution in [1.29, 1.82) is 0 Å². The second-order valence-electron chi connectivity index (χ2n) is 4.08. The first-order chi connectivity index (χ1) is 8.19. The van der Waals surface area contributed by atoms with Gasteiger partial charge in [0.2, 0.25) is 0 Å². The summed E-state index contributed by atoms with van der Waals surface area (Å²) in [6, 6.07) is 7.82. The Balaban J connectivity index is 2.05. The van der Waals surface area contributed by atoms with Gasteiger partial charge in [0.25, 0.3) is 0 Å². The van der Waals surface area contributed by atoms with Gasteiger partial charge in [0.05, 0.1) is 11.7 Å². The summed E-state index contributed by atoms with van der Waals surface area (Å²) in [5.74, 6) is 0. The highest BCUT2D eigenvalue weighted by Gasteiger charge is 2.11. The van der Waals surface area contributed by atoms with Gasteiger partial charge < -0.3 is 11.5 Å². The van der Waals surface area contributed by atoms with E-state index in [0.717, 1.165) is 29.2 Å². The van der Waals surface area contributed by atoms with E-state index in [4.69, 9.17) is 11.5 Å². The van der Waals surface area contributed by atoms with E-state index in [1.807, 2.05) is 24.3 Å². The predicted molar refractivity (Wildman–Crippen MR) is 73.0 cm³/mol. The molecule has 0 saturated carbocycles. The molecule has 0 aliphatic rings. The molecule has 0 spiro atoms. The van der Waals surface area contributed by atoms with Gasteiger partial charge >= 0.3 is 0 Å². The Morgan fingerprint density at radius 1 is 1.29 bits per heavy atom. The number of benzene rings is 1. The Kier molecular flexibility index (Phi) is 3.76. The molecule has 2 aromatic rings. The molecule has 0 bridgehead atoms. The minimum Gasteiger partial charge on any atom is -0.399 e. The molecule has 1 heterocycles. The van der Waals surface area contributed by atoms with Crippen molar-refractivity contribution in [2.45, 2.75) is 25.8 Å². The summed E-state index contributed by atoms with van der Waals surface area (Å²) < 4.78 is 0. The van der Waals surface area contributed by atoms with Crippen LogP contribution in [0.3, 0.4) is 0 Å². The van der Waals surface area contributed by atoms with Crippen LogP contribution in [-0.2, 0) is 12.8 Å². The molecule has 0 aliphatic heterocycles. The summed E-state index contributed by atoms with van der Waals surface area (Å²) in [6.07, 6.45) is 1.77. The van der Waals surface area contributed by atoms with Gasteiger partial charge in [-0.15, -0.1) is 11.3 Å². The Labute approximate surface area is 105 Å². The van der Waals surface area contributed by atoms with Crippen LogP contribution >= 0.6 is 11.3 Å². The second-order valence-corrected chi connectivity index (χ2v) is 4.97. The molecule has 0 saturated heterocycles. The first-order valence-corrected chi connectivity index (χ1v) is 6.61. The molecular weight excluding hydrogens is 230 g/mol. The molecule has 1 unspecified atom stereocenters. The van der Waals surface area contributed by atoms with Crippen molar-refractivity contribution in [3.8, 4) is 0 Å². The number of hydrogen-bond donors (Lipinski definition) is 2. The number of aromatic nitrogens is 1. The Bertz CT molecular complexity index is 476. The molecule has 0 aliphatic carbocycles. The van der Waals surface area contributed by atoms with E-state index in [-0.39, 0.29) is 6.04 Å². The Morgan fingerprint density at radius 3 is 2.59 bits per heavy atom. The predicted octanol–water partition coefficient (Wildman–Crippen LogP) is 2.53. The first kappa shape index (κ1) is 12.1. The Hall–Kier alpha value is -1.39. The number of anilines is 1. The average molecular weight is 247 g/mol. The third-order valence-electron chi connectivity index (χ3n) is 2.68. The number of rotatable bonds is 4. The highest BCUT2D eigenvalue weighted by molar-refractivity contribution is 7.09. The number of nitrogens with zero attached hydrogens (tertiary/aromatic N) is 1. The van der Waals surface area contributed by atoms with Crippen LogP contribution in [-0.4, -0.2) is 4.98 Å². The van der Waals surface area contributed by atoms with Crippen molar-refractivity contribution < 1.29 is 0 Å². The maximum Gasteiger partial charge on any atom is 0.110 e. The maximum absolute atomic E-state index is 6.15. The van der Waals surface area contributed by atoms with Gasteiger partial charge in [-0.25, -0.2) is 4.98 Å². The van der Waals surface area contributed by atoms with E-state index in [1.165, 1.54) is 5.56 Å². The van der Waals surface area contributed by atoms with Crippen LogP contribution in [0.5, 0.6) is 0 Å². The zero-order valence-corrected chi connectivity index (χ0v) is 10.7. The largest absolute Gasteiger partial charge is 0.399 e. The van der Waals surface area contributed by atoms with Gasteiger partial charge in [-0.1, -0.05) is 19.1 Å². The first-order valence-electron chi connectivity index (χ1n) is 5.73. The smallest absolute Gasteiger partial charge is 0.110 e. The van der Waals surface area contributed by atoms with Crippen LogP contribution in [0.1, 0.15) is 29.2 Å². The van der Waals surface area contributed by atoms with Crippen LogP contribution in [0.25, 0.3) is 0 Å². The standard InChI is InChI=1S/C13H17N3S/c1-2-11-8-17-13(16-11)12(15)7-9-3-5-10(14)6-4-9/h3-6,8,12H,2,7,14-15H2,1H3. The highest BCUT2D eigenvalue weighted by atomic mass is 32.1. The van der Waals surface area contributed by atoms with Crippen LogP contribution in [0, 0.1) is 0 Å². The van der Waals surface area contributed by atoms with E-state index in [0.29, 0.717) is 0 Å². The summed E-state index contributed by atoms with van der Waals surface area (Å²) in [5.41, 5.74) is 14.9. The fraction of sp³-hybridized carbons (Fsp3) is 0.308. The van der Waals surface area contributed by atoms with Crippen LogP contribution < -0.4 is 11.5 Å². The monoisotopic (exact) mass is 247 g/mol. The molecule has 0 amide bonds. The number of hydrogen-bond acceptors (Lipinski definition) is 4. The summed E-state index contributed by atoms with van der Waals surface area (Å²) >= 11 is 1.64. The molecule has 17 heavy (non-hydrogen) atoms. The number of thiazole rings is 1. The minimum atomic E-state index is -0.0241. The summed E-state index contributed by atoms with van der Waals surface area (Å²) in [5, 5.41) is 3.09. The van der Waals surface area contributed by atoms with E-state index < -0.39 is 0 Å². The molecule has 0 fully saturated rings. The van der Waals surface area contributed by atoms with Crippen molar-refractivity contribution in [3.05, 3.63) is 45.9 Å². The lowest BCUT2D eigenvalue weighted by Crippen LogP contribution is -2.13. The SMILES string of the molecule is CCc1csc(C(N)Cc2ccc(N)cc2)n1. The van der Waals surface area contributed by atoms with E-state index in [1.54, 1.807) is 11.3 Å². The average Bonchev–Trinajstić information content (AvgIpc) is 2.81. The number of aryl methyl sites for hydroxylation is 1. The van der Waals surface area contributed by atoms with Crippen molar-refractivity contribution >= 4 is 17.0 Å². The zero-order valence-electron chi connectivity index (χ0n) is 9.89. The van der Waals surface area contributed by atoms with Crippen LogP contribution in [0.15, 0.2) is 29.6 Å². The molecule has 1 aromatic heterocycles. The maximum atomic E-state index is 6.15. The van der Waals surface area contributed by atoms with Gasteiger partial charge in [-0.05, 0) is 30.5 Å². The fourth-order valence-corrected chi connectivity index (χ4v) is 2.55. The minimum absolute atomic E-state index is 0.0241. The third-order valence-corrected chi connectivity index (χ3v) is 3.71. The fourth-order valence-electron chi connectivity index (χ4n) is 1.65. The van der Waals surface area contributed by atoms with Crippen molar-refractivity contribution in [2.75, 3.05) is 5.73 Å². The molecule has 0 radical (unpaired) electrons. The molecule has 3 nitrogen and oxygen atoms in total. The second kappa shape index (κ2) is 5.29. The Morgan fingerprint density at radius 2 is 2.00 bits per heavy atom. The number of nitrogen functional groups attached to an aromatic ring is 1. The van der Waals surface area contributed by atoms with E-state index in [2.05, 4.69) is 17.3 Å². The van der Waals surface area contributed by atoms with Crippen LogP contribution in [0.2, 0.25) is 0 Å². The summed E-state index contributed by atoms with van der Waals surface area (Å²) in [7, 11) is 0. The van der Waals surface area contributed by atoms with Gasteiger partial charge in [0.15, 0.2) is 0 Å². The molecular formula is C13H17N3S. The third kappa shape index (κ3) is 3.05. The lowest BCUT2D eigenvalue weighted by Gasteiger charge is -2.08. The lowest BCUT2D eigenvalue weighted by molar-refractivity contribution is 0.711. The van der Waals surface area contributed by atoms with E-state index in [9.17, 15) is 0 Å². The van der Waals surface area contributed by atoms with Gasteiger partial charge in [0, 0.05) is 11.1 Å². The molecule has 1 atom stereocenters. The van der Waals surface area contributed by atoms with Gasteiger partial charge in [0.1, 0.15) is 5.01 Å². The van der Waals surface area contributed by atoms with Crippen molar-refractivity contribution in [1.82, 2.24) is 4.98 Å². The molecule has 1 aromatic carbocycles. The van der Waals surface area contributed by atoms with Crippen molar-refractivity contribution in [3.63, 3.8) is 0 Å². The number of nitrogens with two attached hydrogens (primary N) is 2. The van der Waals surface area contributed by atoms with Crippen LogP contribution in [0.4, 0.5) is 5.69 Å². The zero-order chi connectivity index (χ0) is 12.3. The quantitative estimate of drug-likeness (QED) is 0.816. The summed E-state index contributed by atoms with van der Waals surface area (Å²) in [6.45, 7) is 2.10. The summed E-state index contributed by atoms with van der Waals surface area (Å²) in [4.78, 5) is 4.51. The van der Waals surface area contributed by atoms with Gasteiger partial charge in [-0.2, -0.15) is 0 Å². The topological polar surface area (TPSA) is 64.9 Å². The molecule has 4 heteroatoms. The highest BCUT2D eigenvalue weighted by Crippen LogP contribution is 2.20. The van der Waals surface area contributed by atoms with Crippen molar-refractivity contribution in [2.24, 2.45) is 5.73 Å². The normalized spacial score (nSPS) is 12.6.